The van der Waals surface area contributed by atoms with Crippen molar-refractivity contribution in [3.63, 3.8) is 0 Å². The third kappa shape index (κ3) is 0.506. The van der Waals surface area contributed by atoms with E-state index >= 15 is 0 Å². The first-order valence-electron chi connectivity index (χ1n) is 3.70. The Kier molecular flexibility index (Phi) is 0.994. The average molecular weight is 147 g/mol. The fourth-order valence-electron chi connectivity index (χ4n) is 2.09. The molecular formula is C7H11F2N. The van der Waals surface area contributed by atoms with E-state index in [9.17, 15) is 8.78 Å². The SMILES string of the molecule is NCC1CC(F)(F)C12CC2. The van der Waals surface area contributed by atoms with E-state index in [1.54, 1.807) is 0 Å². The van der Waals surface area contributed by atoms with Crippen LogP contribution in [0.25, 0.3) is 0 Å². The van der Waals surface area contributed by atoms with Crippen molar-refractivity contribution in [2.75, 3.05) is 6.54 Å². The largest absolute Gasteiger partial charge is 0.330 e. The molecule has 0 aliphatic heterocycles. The second-order valence-corrected chi connectivity index (χ2v) is 3.50. The van der Waals surface area contributed by atoms with Gasteiger partial charge in [-0.1, -0.05) is 0 Å². The van der Waals surface area contributed by atoms with Crippen LogP contribution in [0.15, 0.2) is 0 Å². The summed E-state index contributed by atoms with van der Waals surface area (Å²) in [6.07, 6.45) is 1.42. The molecule has 0 aromatic carbocycles. The maximum atomic E-state index is 12.8. The van der Waals surface area contributed by atoms with Crippen molar-refractivity contribution in [3.05, 3.63) is 0 Å². The maximum Gasteiger partial charge on any atom is 0.254 e. The van der Waals surface area contributed by atoms with E-state index in [0.717, 1.165) is 0 Å². The van der Waals surface area contributed by atoms with Crippen LogP contribution in [0.5, 0.6) is 0 Å². The Hall–Kier alpha value is -0.180. The molecule has 2 aliphatic carbocycles. The number of hydrogen-bond donors (Lipinski definition) is 1. The van der Waals surface area contributed by atoms with Crippen molar-refractivity contribution in [3.8, 4) is 0 Å². The summed E-state index contributed by atoms with van der Waals surface area (Å²) in [7, 11) is 0. The molecule has 2 N–H and O–H groups in total. The van der Waals surface area contributed by atoms with Gasteiger partial charge in [0, 0.05) is 11.8 Å². The maximum absolute atomic E-state index is 12.8. The van der Waals surface area contributed by atoms with Crippen molar-refractivity contribution >= 4 is 0 Å². The lowest BCUT2D eigenvalue weighted by Gasteiger charge is -2.45. The minimum atomic E-state index is -2.38. The minimum absolute atomic E-state index is 0.0312. The molecule has 0 bridgehead atoms. The molecule has 2 aliphatic rings. The summed E-state index contributed by atoms with van der Waals surface area (Å²) in [6.45, 7) is 0.440. The Bertz CT molecular complexity index is 163. The van der Waals surface area contributed by atoms with Gasteiger partial charge < -0.3 is 5.73 Å². The molecule has 1 atom stereocenters. The summed E-state index contributed by atoms with van der Waals surface area (Å²) in [6, 6.07) is 0. The van der Waals surface area contributed by atoms with E-state index in [-0.39, 0.29) is 12.3 Å². The molecule has 2 saturated carbocycles. The zero-order valence-corrected chi connectivity index (χ0v) is 5.74. The van der Waals surface area contributed by atoms with Crippen LogP contribution >= 0.6 is 0 Å². The van der Waals surface area contributed by atoms with Crippen molar-refractivity contribution in [1.29, 1.82) is 0 Å². The summed E-state index contributed by atoms with van der Waals surface area (Å²) < 4.78 is 25.5. The van der Waals surface area contributed by atoms with Crippen molar-refractivity contribution < 1.29 is 8.78 Å². The number of alkyl halides is 2. The third-order valence-electron chi connectivity index (χ3n) is 3.09. The molecule has 1 unspecified atom stereocenters. The number of hydrogen-bond acceptors (Lipinski definition) is 1. The first-order chi connectivity index (χ1) is 4.62. The van der Waals surface area contributed by atoms with E-state index in [1.165, 1.54) is 0 Å². The summed E-state index contributed by atoms with van der Waals surface area (Å²) >= 11 is 0. The van der Waals surface area contributed by atoms with Gasteiger partial charge in [0.2, 0.25) is 0 Å². The van der Waals surface area contributed by atoms with E-state index in [0.29, 0.717) is 19.4 Å². The summed E-state index contributed by atoms with van der Waals surface area (Å²) in [5.41, 5.74) is 4.71. The van der Waals surface area contributed by atoms with Crippen molar-refractivity contribution in [1.82, 2.24) is 0 Å². The number of halogens is 2. The number of rotatable bonds is 1. The van der Waals surface area contributed by atoms with Gasteiger partial charge in [0.25, 0.3) is 5.92 Å². The monoisotopic (exact) mass is 147 g/mol. The predicted molar refractivity (Wildman–Crippen MR) is 33.8 cm³/mol. The Balaban J connectivity index is 2.12. The molecule has 10 heavy (non-hydrogen) atoms. The van der Waals surface area contributed by atoms with Crippen molar-refractivity contribution in [2.45, 2.75) is 25.2 Å². The lowest BCUT2D eigenvalue weighted by Crippen LogP contribution is -2.52. The van der Waals surface area contributed by atoms with E-state index in [4.69, 9.17) is 5.73 Å². The highest BCUT2D eigenvalue weighted by molar-refractivity contribution is 5.16. The second-order valence-electron chi connectivity index (χ2n) is 3.50. The standard InChI is InChI=1S/C7H11F2N/c8-7(9)3-5(4-10)6(7)1-2-6/h5H,1-4,10H2. The predicted octanol–water partition coefficient (Wildman–Crippen LogP) is 1.38. The Morgan fingerprint density at radius 1 is 1.40 bits per heavy atom. The first-order valence-corrected chi connectivity index (χ1v) is 3.70. The smallest absolute Gasteiger partial charge is 0.254 e. The normalized spacial score (nSPS) is 39.3. The molecule has 3 heteroatoms. The van der Waals surface area contributed by atoms with Crippen LogP contribution in [-0.4, -0.2) is 12.5 Å². The highest BCUT2D eigenvalue weighted by atomic mass is 19.3. The van der Waals surface area contributed by atoms with Gasteiger partial charge >= 0.3 is 0 Å². The van der Waals surface area contributed by atoms with Gasteiger partial charge in [-0.2, -0.15) is 0 Å². The van der Waals surface area contributed by atoms with Gasteiger partial charge in [0.1, 0.15) is 0 Å². The molecule has 58 valence electrons. The van der Waals surface area contributed by atoms with E-state index in [1.807, 2.05) is 0 Å². The molecule has 2 rings (SSSR count). The molecular weight excluding hydrogens is 136 g/mol. The summed E-state index contributed by atoms with van der Waals surface area (Å²) in [5, 5.41) is 0. The van der Waals surface area contributed by atoms with E-state index in [2.05, 4.69) is 0 Å². The van der Waals surface area contributed by atoms with Crippen LogP contribution in [0, 0.1) is 11.3 Å². The fourth-order valence-corrected chi connectivity index (χ4v) is 2.09. The summed E-state index contributed by atoms with van der Waals surface area (Å²) in [5.74, 6) is -2.26. The number of nitrogens with two attached hydrogens (primary N) is 1. The van der Waals surface area contributed by atoms with Gasteiger partial charge in [0.15, 0.2) is 0 Å². The fraction of sp³-hybridized carbons (Fsp3) is 1.00. The molecule has 0 aromatic heterocycles. The molecule has 0 aromatic rings. The van der Waals surface area contributed by atoms with Crippen LogP contribution < -0.4 is 5.73 Å². The highest BCUT2D eigenvalue weighted by Gasteiger charge is 2.73. The third-order valence-corrected chi connectivity index (χ3v) is 3.09. The minimum Gasteiger partial charge on any atom is -0.330 e. The van der Waals surface area contributed by atoms with Crippen molar-refractivity contribution in [2.24, 2.45) is 17.1 Å². The molecule has 1 nitrogen and oxygen atoms in total. The Morgan fingerprint density at radius 3 is 2.20 bits per heavy atom. The Labute approximate surface area is 58.6 Å². The molecule has 0 saturated heterocycles. The average Bonchev–Trinajstić information content (AvgIpc) is 2.62. The van der Waals surface area contributed by atoms with Crippen LogP contribution in [0.1, 0.15) is 19.3 Å². The van der Waals surface area contributed by atoms with Gasteiger partial charge in [-0.05, 0) is 25.3 Å². The summed E-state index contributed by atoms with van der Waals surface area (Å²) in [4.78, 5) is 0. The van der Waals surface area contributed by atoms with Gasteiger partial charge in [0.05, 0.1) is 0 Å². The van der Waals surface area contributed by atoms with E-state index < -0.39 is 11.3 Å². The van der Waals surface area contributed by atoms with Crippen LogP contribution in [0.3, 0.4) is 0 Å². The van der Waals surface area contributed by atoms with Gasteiger partial charge in [-0.3, -0.25) is 0 Å². The molecule has 0 heterocycles. The van der Waals surface area contributed by atoms with Crippen LogP contribution in [0.2, 0.25) is 0 Å². The van der Waals surface area contributed by atoms with Gasteiger partial charge in [-0.15, -0.1) is 0 Å². The first kappa shape index (κ1) is 6.53. The lowest BCUT2D eigenvalue weighted by molar-refractivity contribution is -0.188. The van der Waals surface area contributed by atoms with Gasteiger partial charge in [-0.25, -0.2) is 8.78 Å². The Morgan fingerprint density at radius 2 is 2.00 bits per heavy atom. The highest BCUT2D eigenvalue weighted by Crippen LogP contribution is 2.71. The molecule has 1 spiro atoms. The zero-order valence-electron chi connectivity index (χ0n) is 5.74. The molecule has 0 amide bonds. The molecule has 0 radical (unpaired) electrons. The van der Waals surface area contributed by atoms with Crippen LogP contribution in [-0.2, 0) is 0 Å². The lowest BCUT2D eigenvalue weighted by atomic mass is 9.67. The van der Waals surface area contributed by atoms with Crippen LogP contribution in [0.4, 0.5) is 8.78 Å². The quantitative estimate of drug-likeness (QED) is 0.595. The second kappa shape index (κ2) is 1.52. The topological polar surface area (TPSA) is 26.0 Å². The zero-order chi connectivity index (χ0) is 7.41. The molecule has 2 fully saturated rings.